The molecule has 0 atom stereocenters. The van der Waals surface area contributed by atoms with Gasteiger partial charge in [-0.3, -0.25) is 0 Å². The smallest absolute Gasteiger partial charge is 0.0540 e. The number of fused-ring (bicyclic) bond motifs is 5. The van der Waals surface area contributed by atoms with Gasteiger partial charge in [0.05, 0.1) is 5.69 Å². The maximum absolute atomic E-state index is 2.39. The van der Waals surface area contributed by atoms with Gasteiger partial charge in [0.15, 0.2) is 0 Å². The molecular weight excluding hydrogens is 677 g/mol. The standard InChI is InChI=1S/C54H38N2/c1-5-16-39(17-6-1)41-20-13-26-46(36-41)55(44-22-9-3-10-23-44)48-31-33-49-43(38-48)30-32-52-50-28-15-29-54(53(50)35-34-51(49)52)56(45-24-11-4-12-25-45)47-27-14-21-42(37-47)40-18-7-2-8-19-40/h1-38H. The van der Waals surface area contributed by atoms with Gasteiger partial charge in [-0.25, -0.2) is 0 Å². The Hall–Kier alpha value is -7.42. The molecule has 0 heterocycles. The highest BCUT2D eigenvalue weighted by Crippen LogP contribution is 2.44. The molecule has 2 nitrogen and oxygen atoms in total. The lowest BCUT2D eigenvalue weighted by molar-refractivity contribution is 1.29. The summed E-state index contributed by atoms with van der Waals surface area (Å²) in [6.07, 6.45) is 0. The molecule has 10 aromatic rings. The van der Waals surface area contributed by atoms with Crippen LogP contribution in [0.3, 0.4) is 0 Å². The third kappa shape index (κ3) is 6.14. The van der Waals surface area contributed by atoms with Crippen LogP contribution in [0.15, 0.2) is 231 Å². The minimum atomic E-state index is 1.12. The van der Waals surface area contributed by atoms with E-state index in [0.29, 0.717) is 0 Å². The van der Waals surface area contributed by atoms with E-state index in [2.05, 4.69) is 240 Å². The van der Waals surface area contributed by atoms with Gasteiger partial charge in [-0.05, 0) is 116 Å². The van der Waals surface area contributed by atoms with Gasteiger partial charge in [0.2, 0.25) is 0 Å². The normalized spacial score (nSPS) is 11.2. The van der Waals surface area contributed by atoms with Crippen molar-refractivity contribution in [2.24, 2.45) is 0 Å². The largest absolute Gasteiger partial charge is 0.310 e. The summed E-state index contributed by atoms with van der Waals surface area (Å²) in [5.41, 5.74) is 11.5. The molecule has 0 fully saturated rings. The van der Waals surface area contributed by atoms with E-state index in [4.69, 9.17) is 0 Å². The van der Waals surface area contributed by atoms with Crippen molar-refractivity contribution >= 4 is 66.4 Å². The average molecular weight is 715 g/mol. The van der Waals surface area contributed by atoms with Crippen LogP contribution < -0.4 is 9.80 Å². The number of benzene rings is 10. The zero-order valence-electron chi connectivity index (χ0n) is 30.8. The van der Waals surface area contributed by atoms with Crippen LogP contribution in [0.1, 0.15) is 0 Å². The fourth-order valence-corrected chi connectivity index (χ4v) is 8.16. The molecule has 0 amide bonds. The summed E-state index contributed by atoms with van der Waals surface area (Å²) >= 11 is 0. The predicted octanol–water partition coefficient (Wildman–Crippen LogP) is 15.4. The fraction of sp³-hybridized carbons (Fsp3) is 0. The van der Waals surface area contributed by atoms with Gasteiger partial charge in [0, 0.05) is 33.8 Å². The minimum absolute atomic E-state index is 1.12. The molecule has 10 aromatic carbocycles. The van der Waals surface area contributed by atoms with Crippen molar-refractivity contribution in [2.45, 2.75) is 0 Å². The summed E-state index contributed by atoms with van der Waals surface area (Å²) in [4.78, 5) is 4.74. The first kappa shape index (κ1) is 33.2. The Morgan fingerprint density at radius 3 is 1.25 bits per heavy atom. The minimum Gasteiger partial charge on any atom is -0.310 e. The highest BCUT2D eigenvalue weighted by atomic mass is 15.1. The highest BCUT2D eigenvalue weighted by Gasteiger charge is 2.18. The molecule has 0 saturated carbocycles. The lowest BCUT2D eigenvalue weighted by atomic mass is 9.95. The van der Waals surface area contributed by atoms with Gasteiger partial charge in [0.25, 0.3) is 0 Å². The molecule has 0 N–H and O–H groups in total. The molecule has 0 aliphatic carbocycles. The summed E-state index contributed by atoms with van der Waals surface area (Å²) in [5.74, 6) is 0. The third-order valence-corrected chi connectivity index (χ3v) is 10.8. The second-order valence-electron chi connectivity index (χ2n) is 14.2. The Kier molecular flexibility index (Phi) is 8.55. The summed E-state index contributed by atoms with van der Waals surface area (Å²) in [6, 6.07) is 83.0. The number of hydrogen-bond acceptors (Lipinski definition) is 2. The van der Waals surface area contributed by atoms with Gasteiger partial charge in [0.1, 0.15) is 0 Å². The van der Waals surface area contributed by atoms with Crippen molar-refractivity contribution in [3.8, 4) is 22.3 Å². The molecule has 0 aliphatic heterocycles. The van der Waals surface area contributed by atoms with Crippen molar-refractivity contribution in [3.05, 3.63) is 231 Å². The van der Waals surface area contributed by atoms with Gasteiger partial charge >= 0.3 is 0 Å². The van der Waals surface area contributed by atoms with E-state index >= 15 is 0 Å². The molecular formula is C54H38N2. The first-order chi connectivity index (χ1) is 27.8. The molecule has 0 saturated heterocycles. The van der Waals surface area contributed by atoms with E-state index in [-0.39, 0.29) is 0 Å². The zero-order chi connectivity index (χ0) is 37.3. The van der Waals surface area contributed by atoms with E-state index < -0.39 is 0 Å². The van der Waals surface area contributed by atoms with Crippen LogP contribution in [0, 0.1) is 0 Å². The summed E-state index contributed by atoms with van der Waals surface area (Å²) in [6.45, 7) is 0. The topological polar surface area (TPSA) is 6.48 Å². The Bertz CT molecular complexity index is 2960. The lowest BCUT2D eigenvalue weighted by Crippen LogP contribution is -2.10. The second-order valence-corrected chi connectivity index (χ2v) is 14.2. The number of rotatable bonds is 8. The molecule has 0 spiro atoms. The summed E-state index contributed by atoms with van der Waals surface area (Å²) in [7, 11) is 0. The van der Waals surface area contributed by atoms with E-state index in [1.807, 2.05) is 0 Å². The van der Waals surface area contributed by atoms with Crippen LogP contribution in [-0.2, 0) is 0 Å². The van der Waals surface area contributed by atoms with E-state index in [0.717, 1.165) is 34.1 Å². The quantitative estimate of drug-likeness (QED) is 0.145. The van der Waals surface area contributed by atoms with Crippen molar-refractivity contribution in [3.63, 3.8) is 0 Å². The maximum Gasteiger partial charge on any atom is 0.0540 e. The number of para-hydroxylation sites is 2. The highest BCUT2D eigenvalue weighted by molar-refractivity contribution is 6.20. The zero-order valence-corrected chi connectivity index (χ0v) is 30.8. The Balaban J connectivity index is 1.09. The van der Waals surface area contributed by atoms with Crippen molar-refractivity contribution < 1.29 is 0 Å². The maximum atomic E-state index is 2.39. The first-order valence-corrected chi connectivity index (χ1v) is 19.2. The van der Waals surface area contributed by atoms with E-state index in [1.165, 1.54) is 54.6 Å². The fourth-order valence-electron chi connectivity index (χ4n) is 8.16. The van der Waals surface area contributed by atoms with E-state index in [1.54, 1.807) is 0 Å². The van der Waals surface area contributed by atoms with Crippen molar-refractivity contribution in [2.75, 3.05) is 9.80 Å². The Labute approximate surface area is 327 Å². The molecule has 0 bridgehead atoms. The van der Waals surface area contributed by atoms with Crippen molar-refractivity contribution in [1.29, 1.82) is 0 Å². The number of anilines is 6. The molecule has 10 rings (SSSR count). The molecule has 0 aliphatic rings. The summed E-state index contributed by atoms with van der Waals surface area (Å²) < 4.78 is 0. The lowest BCUT2D eigenvalue weighted by Gasteiger charge is -2.27. The molecule has 264 valence electrons. The molecule has 0 aromatic heterocycles. The van der Waals surface area contributed by atoms with E-state index in [9.17, 15) is 0 Å². The van der Waals surface area contributed by atoms with Gasteiger partial charge in [-0.15, -0.1) is 0 Å². The van der Waals surface area contributed by atoms with Gasteiger partial charge in [-0.2, -0.15) is 0 Å². The molecule has 56 heavy (non-hydrogen) atoms. The second kappa shape index (κ2) is 14.4. The predicted molar refractivity (Wildman–Crippen MR) is 239 cm³/mol. The molecule has 0 unspecified atom stereocenters. The van der Waals surface area contributed by atoms with Crippen LogP contribution in [-0.4, -0.2) is 0 Å². The average Bonchev–Trinajstić information content (AvgIpc) is 3.28. The van der Waals surface area contributed by atoms with Gasteiger partial charge in [-0.1, -0.05) is 164 Å². The van der Waals surface area contributed by atoms with Gasteiger partial charge < -0.3 is 9.80 Å². The van der Waals surface area contributed by atoms with Crippen LogP contribution in [0.25, 0.3) is 54.6 Å². The first-order valence-electron chi connectivity index (χ1n) is 19.2. The SMILES string of the molecule is c1ccc(-c2cccc(N(c3ccccc3)c3ccc4c(ccc5c6cccc(N(c7ccccc7)c7cccc(-c8ccccc8)c7)c6ccc45)c3)c2)cc1. The van der Waals surface area contributed by atoms with Crippen LogP contribution in [0.2, 0.25) is 0 Å². The van der Waals surface area contributed by atoms with Crippen LogP contribution in [0.5, 0.6) is 0 Å². The molecule has 0 radical (unpaired) electrons. The number of nitrogens with zero attached hydrogens (tertiary/aromatic N) is 2. The monoisotopic (exact) mass is 714 g/mol. The third-order valence-electron chi connectivity index (χ3n) is 10.8. The number of hydrogen-bond donors (Lipinski definition) is 0. The Morgan fingerprint density at radius 1 is 0.214 bits per heavy atom. The summed E-state index contributed by atoms with van der Waals surface area (Å²) in [5, 5.41) is 7.36. The molecule has 2 heteroatoms. The van der Waals surface area contributed by atoms with Crippen LogP contribution >= 0.6 is 0 Å². The Morgan fingerprint density at radius 2 is 0.625 bits per heavy atom. The van der Waals surface area contributed by atoms with Crippen LogP contribution in [0.4, 0.5) is 34.1 Å². The van der Waals surface area contributed by atoms with Crippen molar-refractivity contribution in [1.82, 2.24) is 0 Å².